The molecule has 1 aromatic carbocycles. The lowest BCUT2D eigenvalue weighted by Crippen LogP contribution is -2.18. The fraction of sp³-hybridized carbons (Fsp3) is 0.231. The quantitative estimate of drug-likeness (QED) is 0.873. The van der Waals surface area contributed by atoms with Crippen LogP contribution in [0.4, 0.5) is 13.2 Å². The Labute approximate surface area is 111 Å². The van der Waals surface area contributed by atoms with E-state index in [-0.39, 0.29) is 5.69 Å². The number of fused-ring (bicyclic) bond motifs is 1. The Morgan fingerprint density at radius 1 is 1.25 bits per heavy atom. The number of hydrogen-bond donors (Lipinski definition) is 1. The molecule has 1 aliphatic heterocycles. The molecule has 2 heterocycles. The second kappa shape index (κ2) is 4.36. The maximum absolute atomic E-state index is 12.6. The first kappa shape index (κ1) is 12.7. The lowest BCUT2D eigenvalue weighted by atomic mass is 10.1. The van der Waals surface area contributed by atoms with Gasteiger partial charge in [0.25, 0.3) is 5.56 Å². The van der Waals surface area contributed by atoms with Gasteiger partial charge in [0.15, 0.2) is 0 Å². The van der Waals surface area contributed by atoms with Gasteiger partial charge in [-0.25, -0.2) is 4.98 Å². The zero-order chi connectivity index (χ0) is 14.3. The summed E-state index contributed by atoms with van der Waals surface area (Å²) in [7, 11) is 0. The minimum absolute atomic E-state index is 0.00391. The Balaban J connectivity index is 2.10. The van der Waals surface area contributed by atoms with Crippen LogP contribution in [-0.2, 0) is 12.6 Å². The van der Waals surface area contributed by atoms with E-state index in [1.807, 2.05) is 0 Å². The van der Waals surface area contributed by atoms with Crippen LogP contribution in [-0.4, -0.2) is 16.6 Å². The van der Waals surface area contributed by atoms with Gasteiger partial charge in [0, 0.05) is 18.1 Å². The number of hydrogen-bond acceptors (Lipinski definition) is 3. The highest BCUT2D eigenvalue weighted by molar-refractivity contribution is 5.62. The summed E-state index contributed by atoms with van der Waals surface area (Å²) in [4.78, 5) is 16.5. The van der Waals surface area contributed by atoms with E-state index in [9.17, 15) is 18.0 Å². The first-order chi connectivity index (χ1) is 9.43. The summed E-state index contributed by atoms with van der Waals surface area (Å²) in [5, 5.41) is 0. The molecule has 1 aromatic heterocycles. The van der Waals surface area contributed by atoms with Crippen molar-refractivity contribution in [3.63, 3.8) is 0 Å². The Morgan fingerprint density at radius 3 is 2.80 bits per heavy atom. The summed E-state index contributed by atoms with van der Waals surface area (Å²) in [6.07, 6.45) is -3.99. The standard InChI is InChI=1S/C13H9F3N2O2/c14-13(15,16)12-17-9(6-11(19)18-12)7-1-2-10-8(5-7)3-4-20-10/h1-2,5-6H,3-4H2,(H,17,18,19). The minimum atomic E-state index is -4.69. The van der Waals surface area contributed by atoms with E-state index in [1.54, 1.807) is 23.2 Å². The predicted octanol–water partition coefficient (Wildman–Crippen LogP) is 2.39. The number of H-pyrrole nitrogens is 1. The highest BCUT2D eigenvalue weighted by Crippen LogP contribution is 2.31. The number of halogens is 3. The van der Waals surface area contributed by atoms with Gasteiger partial charge >= 0.3 is 6.18 Å². The lowest BCUT2D eigenvalue weighted by molar-refractivity contribution is -0.145. The molecule has 1 N–H and O–H groups in total. The molecule has 0 unspecified atom stereocenters. The largest absolute Gasteiger partial charge is 0.493 e. The van der Waals surface area contributed by atoms with Crippen LogP contribution in [0.25, 0.3) is 11.3 Å². The molecule has 0 fully saturated rings. The van der Waals surface area contributed by atoms with Crippen molar-refractivity contribution < 1.29 is 17.9 Å². The second-order valence-electron chi connectivity index (χ2n) is 4.40. The van der Waals surface area contributed by atoms with Crippen LogP contribution in [0.3, 0.4) is 0 Å². The molecule has 3 rings (SSSR count). The number of aromatic amines is 1. The summed E-state index contributed by atoms with van der Waals surface area (Å²) < 4.78 is 43.2. The van der Waals surface area contributed by atoms with Gasteiger partial charge < -0.3 is 9.72 Å². The van der Waals surface area contributed by atoms with Crippen molar-refractivity contribution in [2.45, 2.75) is 12.6 Å². The van der Waals surface area contributed by atoms with Crippen molar-refractivity contribution in [3.8, 4) is 17.0 Å². The van der Waals surface area contributed by atoms with Gasteiger partial charge in [0.05, 0.1) is 12.3 Å². The number of nitrogens with one attached hydrogen (secondary N) is 1. The molecule has 1 aliphatic rings. The van der Waals surface area contributed by atoms with Gasteiger partial charge in [-0.1, -0.05) is 0 Å². The first-order valence-electron chi connectivity index (χ1n) is 5.88. The number of aromatic nitrogens is 2. The van der Waals surface area contributed by atoms with Gasteiger partial charge in [-0.05, 0) is 23.8 Å². The average Bonchev–Trinajstić information content (AvgIpc) is 2.84. The van der Waals surface area contributed by atoms with Crippen molar-refractivity contribution >= 4 is 0 Å². The first-order valence-corrected chi connectivity index (χ1v) is 5.88. The van der Waals surface area contributed by atoms with Gasteiger partial charge in [-0.2, -0.15) is 13.2 Å². The molecule has 7 heteroatoms. The van der Waals surface area contributed by atoms with Crippen LogP contribution < -0.4 is 10.3 Å². The molecule has 4 nitrogen and oxygen atoms in total. The Kier molecular flexibility index (Phi) is 2.77. The number of alkyl halides is 3. The third kappa shape index (κ3) is 2.26. The van der Waals surface area contributed by atoms with E-state index in [1.165, 1.54) is 0 Å². The Bertz CT molecular complexity index is 722. The molecular formula is C13H9F3N2O2. The van der Waals surface area contributed by atoms with Gasteiger partial charge in [0.1, 0.15) is 5.75 Å². The van der Waals surface area contributed by atoms with Crippen LogP contribution in [0.1, 0.15) is 11.4 Å². The normalized spacial score (nSPS) is 13.9. The number of nitrogens with zero attached hydrogens (tertiary/aromatic N) is 1. The van der Waals surface area contributed by atoms with E-state index in [0.717, 1.165) is 17.4 Å². The SMILES string of the molecule is O=c1cc(-c2ccc3c(c2)CCO3)nc(C(F)(F)F)[nH]1. The molecule has 2 aromatic rings. The monoisotopic (exact) mass is 282 g/mol. The summed E-state index contributed by atoms with van der Waals surface area (Å²) in [6.45, 7) is 0.551. The molecule has 0 spiro atoms. The van der Waals surface area contributed by atoms with Crippen molar-refractivity contribution in [1.82, 2.24) is 9.97 Å². The van der Waals surface area contributed by atoms with Crippen molar-refractivity contribution in [2.75, 3.05) is 6.61 Å². The van der Waals surface area contributed by atoms with E-state index in [4.69, 9.17) is 4.74 Å². The maximum Gasteiger partial charge on any atom is 0.449 e. The zero-order valence-electron chi connectivity index (χ0n) is 10.1. The van der Waals surface area contributed by atoms with Crippen LogP contribution in [0.5, 0.6) is 5.75 Å². The van der Waals surface area contributed by atoms with Crippen LogP contribution in [0.15, 0.2) is 29.1 Å². The number of rotatable bonds is 1. The second-order valence-corrected chi connectivity index (χ2v) is 4.40. The van der Waals surface area contributed by atoms with Crippen molar-refractivity contribution in [3.05, 3.63) is 46.0 Å². The molecule has 20 heavy (non-hydrogen) atoms. The van der Waals surface area contributed by atoms with E-state index in [0.29, 0.717) is 18.6 Å². The van der Waals surface area contributed by atoms with Crippen molar-refractivity contribution in [1.29, 1.82) is 0 Å². The Hall–Kier alpha value is -2.31. The van der Waals surface area contributed by atoms with Gasteiger partial charge in [-0.3, -0.25) is 4.79 Å². The predicted molar refractivity (Wildman–Crippen MR) is 64.5 cm³/mol. The highest BCUT2D eigenvalue weighted by atomic mass is 19.4. The smallest absolute Gasteiger partial charge is 0.449 e. The third-order valence-electron chi connectivity index (χ3n) is 3.00. The molecule has 0 atom stereocenters. The summed E-state index contributed by atoms with van der Waals surface area (Å²) >= 11 is 0. The van der Waals surface area contributed by atoms with Crippen LogP contribution >= 0.6 is 0 Å². The fourth-order valence-electron chi connectivity index (χ4n) is 2.09. The molecule has 0 bridgehead atoms. The zero-order valence-corrected chi connectivity index (χ0v) is 10.1. The molecule has 104 valence electrons. The minimum Gasteiger partial charge on any atom is -0.493 e. The van der Waals surface area contributed by atoms with Crippen molar-refractivity contribution in [2.24, 2.45) is 0 Å². The summed E-state index contributed by atoms with van der Waals surface area (Å²) in [5.74, 6) is -0.577. The number of ether oxygens (including phenoxy) is 1. The molecule has 0 saturated heterocycles. The van der Waals surface area contributed by atoms with Gasteiger partial charge in [0.2, 0.25) is 5.82 Å². The van der Waals surface area contributed by atoms with E-state index < -0.39 is 17.6 Å². The van der Waals surface area contributed by atoms with Crippen LogP contribution in [0, 0.1) is 0 Å². The van der Waals surface area contributed by atoms with Gasteiger partial charge in [-0.15, -0.1) is 0 Å². The van der Waals surface area contributed by atoms with E-state index in [2.05, 4.69) is 4.98 Å². The Morgan fingerprint density at radius 2 is 2.05 bits per heavy atom. The van der Waals surface area contributed by atoms with E-state index >= 15 is 0 Å². The maximum atomic E-state index is 12.6. The molecule has 0 amide bonds. The number of benzene rings is 1. The highest BCUT2D eigenvalue weighted by Gasteiger charge is 2.34. The molecule has 0 radical (unpaired) electrons. The van der Waals surface area contributed by atoms with Crippen LogP contribution in [0.2, 0.25) is 0 Å². The molecule has 0 saturated carbocycles. The summed E-state index contributed by atoms with van der Waals surface area (Å²) in [6, 6.07) is 6.01. The average molecular weight is 282 g/mol. The molecule has 0 aliphatic carbocycles. The lowest BCUT2D eigenvalue weighted by Gasteiger charge is -2.08. The molecular weight excluding hydrogens is 273 g/mol. The third-order valence-corrected chi connectivity index (χ3v) is 3.00. The summed E-state index contributed by atoms with van der Waals surface area (Å²) in [5.41, 5.74) is 0.527. The fourth-order valence-corrected chi connectivity index (χ4v) is 2.09. The topological polar surface area (TPSA) is 55.0 Å².